The number of carbonyl (C=O) groups excluding carboxylic acids is 4. The Morgan fingerprint density at radius 1 is 0.930 bits per heavy atom. The Morgan fingerprint density at radius 3 is 2.16 bits per heavy atom. The van der Waals surface area contributed by atoms with E-state index in [2.05, 4.69) is 10.6 Å². The second-order valence-corrected chi connectivity index (χ2v) is 11.3. The number of amides is 3. The standard InChI is InChI=1S/C33H34N4O6/c38-20-29(39)27(18-21-14-15-34-30(21)40)35-31(41)28-19-36(22-8-2-1-3-9-22)16-17-37(28)32(42)33(43)25-12-6-4-10-23(25)24-11-5-7-13-26(24)33/h1-13,21,27-28,38,43H,14-20H2,(H,34,40)(H,35,41)/t21-,27+,28-/m0/s1. The van der Waals surface area contributed by atoms with E-state index in [4.69, 9.17) is 0 Å². The molecule has 3 amide bonds. The largest absolute Gasteiger partial charge is 0.389 e. The van der Waals surface area contributed by atoms with Crippen LogP contribution in [0.4, 0.5) is 5.69 Å². The van der Waals surface area contributed by atoms with E-state index in [1.54, 1.807) is 24.3 Å². The molecule has 2 heterocycles. The third-order valence-electron chi connectivity index (χ3n) is 8.84. The van der Waals surface area contributed by atoms with Crippen LogP contribution in [0.15, 0.2) is 78.9 Å². The van der Waals surface area contributed by atoms with Crippen LogP contribution in [-0.4, -0.2) is 83.5 Å². The monoisotopic (exact) mass is 582 g/mol. The number of aliphatic hydroxyl groups excluding tert-OH is 1. The highest BCUT2D eigenvalue weighted by atomic mass is 16.3. The van der Waals surface area contributed by atoms with E-state index in [1.807, 2.05) is 59.5 Å². The van der Waals surface area contributed by atoms with E-state index in [0.29, 0.717) is 30.6 Å². The van der Waals surface area contributed by atoms with E-state index < -0.39 is 47.8 Å². The Hall–Kier alpha value is -4.54. The Labute approximate surface area is 249 Å². The second-order valence-electron chi connectivity index (χ2n) is 11.3. The summed E-state index contributed by atoms with van der Waals surface area (Å²) in [6.45, 7) is 0.360. The third-order valence-corrected chi connectivity index (χ3v) is 8.84. The number of hydrogen-bond acceptors (Lipinski definition) is 7. The van der Waals surface area contributed by atoms with Crippen LogP contribution < -0.4 is 15.5 Å². The molecule has 0 bridgehead atoms. The first-order valence-electron chi connectivity index (χ1n) is 14.6. The zero-order valence-electron chi connectivity index (χ0n) is 23.6. The molecule has 2 aliphatic heterocycles. The first-order chi connectivity index (χ1) is 20.8. The number of para-hydroxylation sites is 1. The van der Waals surface area contributed by atoms with Crippen molar-refractivity contribution in [2.45, 2.75) is 30.5 Å². The van der Waals surface area contributed by atoms with Gasteiger partial charge in [0.2, 0.25) is 11.8 Å². The molecule has 0 aromatic heterocycles. The van der Waals surface area contributed by atoms with Gasteiger partial charge in [0.1, 0.15) is 12.6 Å². The number of nitrogens with one attached hydrogen (secondary N) is 2. The fourth-order valence-corrected chi connectivity index (χ4v) is 6.58. The second kappa shape index (κ2) is 11.6. The van der Waals surface area contributed by atoms with Crippen molar-refractivity contribution in [3.8, 4) is 11.1 Å². The SMILES string of the molecule is O=C1NCC[C@H]1C[C@@H](NC(=O)[C@@H]1CN(c2ccccc2)CCN1C(=O)C1(O)c2ccccc2-c2ccccc21)C(=O)CO. The molecule has 10 nitrogen and oxygen atoms in total. The lowest BCUT2D eigenvalue weighted by molar-refractivity contribution is -0.154. The number of nitrogens with zero attached hydrogens (tertiary/aromatic N) is 2. The average molecular weight is 583 g/mol. The molecule has 0 radical (unpaired) electrons. The number of fused-ring (bicyclic) bond motifs is 3. The maximum Gasteiger partial charge on any atom is 0.264 e. The summed E-state index contributed by atoms with van der Waals surface area (Å²) in [5.41, 5.74) is 1.26. The van der Waals surface area contributed by atoms with Crippen molar-refractivity contribution >= 4 is 29.2 Å². The van der Waals surface area contributed by atoms with Gasteiger partial charge in [0.15, 0.2) is 11.4 Å². The number of Topliss-reactive ketones (excluding diaryl/α,β-unsaturated/α-hetero) is 1. The summed E-state index contributed by atoms with van der Waals surface area (Å²) in [6.07, 6.45) is 0.566. The molecule has 2 saturated heterocycles. The summed E-state index contributed by atoms with van der Waals surface area (Å²) in [6, 6.07) is 21.7. The minimum Gasteiger partial charge on any atom is -0.389 e. The molecule has 3 aromatic carbocycles. The molecule has 0 saturated carbocycles. The van der Waals surface area contributed by atoms with Crippen LogP contribution in [0.1, 0.15) is 24.0 Å². The highest BCUT2D eigenvalue weighted by Crippen LogP contribution is 2.48. The van der Waals surface area contributed by atoms with Crippen LogP contribution in [0.3, 0.4) is 0 Å². The first-order valence-corrected chi connectivity index (χ1v) is 14.6. The van der Waals surface area contributed by atoms with Gasteiger partial charge in [-0.15, -0.1) is 0 Å². The number of aliphatic hydroxyl groups is 2. The van der Waals surface area contributed by atoms with Gasteiger partial charge in [0.25, 0.3) is 5.91 Å². The number of piperazine rings is 1. The number of carbonyl (C=O) groups is 4. The van der Waals surface area contributed by atoms with Gasteiger partial charge < -0.3 is 30.6 Å². The molecule has 0 unspecified atom stereocenters. The Balaban J connectivity index is 1.34. The minimum atomic E-state index is -2.01. The third kappa shape index (κ3) is 5.06. The molecular weight excluding hydrogens is 548 g/mol. The Kier molecular flexibility index (Phi) is 7.72. The van der Waals surface area contributed by atoms with Crippen LogP contribution in [0, 0.1) is 5.92 Å². The van der Waals surface area contributed by atoms with E-state index >= 15 is 0 Å². The number of ketones is 1. The normalized spacial score (nSPS) is 21.0. The molecule has 2 fully saturated rings. The molecule has 3 aliphatic rings. The van der Waals surface area contributed by atoms with E-state index in [-0.39, 0.29) is 25.4 Å². The summed E-state index contributed by atoms with van der Waals surface area (Å²) in [7, 11) is 0. The van der Waals surface area contributed by atoms with Gasteiger partial charge in [-0.05, 0) is 36.1 Å². The quantitative estimate of drug-likeness (QED) is 0.313. The van der Waals surface area contributed by atoms with Gasteiger partial charge in [-0.3, -0.25) is 19.2 Å². The van der Waals surface area contributed by atoms with Crippen molar-refractivity contribution in [2.75, 3.05) is 37.7 Å². The van der Waals surface area contributed by atoms with Crippen LogP contribution in [0.5, 0.6) is 0 Å². The van der Waals surface area contributed by atoms with Crippen LogP contribution >= 0.6 is 0 Å². The van der Waals surface area contributed by atoms with Gasteiger partial charge in [-0.1, -0.05) is 66.7 Å². The van der Waals surface area contributed by atoms with Gasteiger partial charge in [-0.2, -0.15) is 0 Å². The molecule has 222 valence electrons. The molecule has 3 aromatic rings. The summed E-state index contributed by atoms with van der Waals surface area (Å²) in [4.78, 5) is 56.9. The summed E-state index contributed by atoms with van der Waals surface area (Å²) in [5, 5.41) is 27.4. The molecule has 3 atom stereocenters. The number of hydrogen-bond donors (Lipinski definition) is 4. The Bertz CT molecular complexity index is 1510. The van der Waals surface area contributed by atoms with E-state index in [0.717, 1.165) is 16.8 Å². The fourth-order valence-electron chi connectivity index (χ4n) is 6.58. The van der Waals surface area contributed by atoms with Crippen molar-refractivity contribution in [3.05, 3.63) is 90.0 Å². The Morgan fingerprint density at radius 2 is 1.56 bits per heavy atom. The van der Waals surface area contributed by atoms with Gasteiger partial charge in [0.05, 0.1) is 6.04 Å². The predicted molar refractivity (Wildman–Crippen MR) is 159 cm³/mol. The molecule has 10 heteroatoms. The predicted octanol–water partition coefficient (Wildman–Crippen LogP) is 1.19. The maximum atomic E-state index is 14.5. The summed E-state index contributed by atoms with van der Waals surface area (Å²) in [5.74, 6) is -2.51. The molecule has 0 spiro atoms. The molecular formula is C33H34N4O6. The van der Waals surface area contributed by atoms with Crippen molar-refractivity contribution in [2.24, 2.45) is 5.92 Å². The number of rotatable bonds is 8. The lowest BCUT2D eigenvalue weighted by Crippen LogP contribution is -2.65. The fraction of sp³-hybridized carbons (Fsp3) is 0.333. The molecule has 6 rings (SSSR count). The van der Waals surface area contributed by atoms with Crippen molar-refractivity contribution in [1.82, 2.24) is 15.5 Å². The van der Waals surface area contributed by atoms with E-state index in [9.17, 15) is 29.4 Å². The summed E-state index contributed by atoms with van der Waals surface area (Å²) >= 11 is 0. The van der Waals surface area contributed by atoms with Crippen LogP contribution in [0.25, 0.3) is 11.1 Å². The topological polar surface area (TPSA) is 139 Å². The lowest BCUT2D eigenvalue weighted by Gasteiger charge is -2.44. The van der Waals surface area contributed by atoms with Crippen molar-refractivity contribution in [3.63, 3.8) is 0 Å². The van der Waals surface area contributed by atoms with Gasteiger partial charge in [0, 0.05) is 48.9 Å². The molecule has 1 aliphatic carbocycles. The number of benzene rings is 3. The summed E-state index contributed by atoms with van der Waals surface area (Å²) < 4.78 is 0. The molecule has 4 N–H and O–H groups in total. The number of anilines is 1. The van der Waals surface area contributed by atoms with Crippen molar-refractivity contribution in [1.29, 1.82) is 0 Å². The average Bonchev–Trinajstić information content (AvgIpc) is 3.58. The first kappa shape index (κ1) is 28.6. The minimum absolute atomic E-state index is 0.0464. The molecule has 43 heavy (non-hydrogen) atoms. The van der Waals surface area contributed by atoms with Crippen molar-refractivity contribution < 1.29 is 29.4 Å². The highest BCUT2D eigenvalue weighted by molar-refractivity contribution is 6.01. The van der Waals surface area contributed by atoms with Crippen LogP contribution in [0.2, 0.25) is 0 Å². The highest BCUT2D eigenvalue weighted by Gasteiger charge is 2.52. The zero-order valence-corrected chi connectivity index (χ0v) is 23.6. The maximum absolute atomic E-state index is 14.5. The lowest BCUT2D eigenvalue weighted by atomic mass is 9.88. The zero-order chi connectivity index (χ0) is 30.1. The smallest absolute Gasteiger partial charge is 0.264 e. The van der Waals surface area contributed by atoms with Gasteiger partial charge >= 0.3 is 0 Å². The van der Waals surface area contributed by atoms with E-state index in [1.165, 1.54) is 4.90 Å². The van der Waals surface area contributed by atoms with Gasteiger partial charge in [-0.25, -0.2) is 0 Å². The van der Waals surface area contributed by atoms with Crippen LogP contribution in [-0.2, 0) is 24.8 Å².